The van der Waals surface area contributed by atoms with Gasteiger partial charge in [-0.05, 0) is 41.5 Å². The molecule has 0 aromatic heterocycles. The SMILES string of the molecule is CNc1cc(NCC2CC(O)CN2C)cc(Br)c1[N+](=O)[O-]. The number of halogens is 1. The first-order valence-corrected chi connectivity index (χ1v) is 7.49. The fraction of sp³-hybridized carbons (Fsp3) is 0.538. The molecule has 116 valence electrons. The molecule has 0 radical (unpaired) electrons. The molecule has 1 fully saturated rings. The Hall–Kier alpha value is -1.38. The van der Waals surface area contributed by atoms with Gasteiger partial charge in [-0.15, -0.1) is 0 Å². The maximum atomic E-state index is 11.0. The number of nitro groups is 1. The van der Waals surface area contributed by atoms with E-state index in [0.29, 0.717) is 23.2 Å². The number of β-amino-alcohol motifs (C(OH)–C–C–N with tert-alkyl or cyclic N) is 1. The third-order valence-electron chi connectivity index (χ3n) is 3.72. The lowest BCUT2D eigenvalue weighted by Crippen LogP contribution is -2.31. The van der Waals surface area contributed by atoms with Crippen molar-refractivity contribution in [1.82, 2.24) is 4.90 Å². The summed E-state index contributed by atoms with van der Waals surface area (Å²) in [6.07, 6.45) is 0.453. The van der Waals surface area contributed by atoms with Crippen LogP contribution in [-0.4, -0.2) is 54.3 Å². The summed E-state index contributed by atoms with van der Waals surface area (Å²) in [6.45, 7) is 1.36. The van der Waals surface area contributed by atoms with E-state index in [1.165, 1.54) is 0 Å². The van der Waals surface area contributed by atoms with E-state index in [9.17, 15) is 15.2 Å². The van der Waals surface area contributed by atoms with Gasteiger partial charge in [0, 0.05) is 31.9 Å². The fourth-order valence-corrected chi connectivity index (χ4v) is 3.21. The number of hydrogen-bond acceptors (Lipinski definition) is 6. The molecule has 1 aliphatic rings. The number of nitro benzene ring substituents is 1. The third-order valence-corrected chi connectivity index (χ3v) is 4.33. The van der Waals surface area contributed by atoms with Gasteiger partial charge in [-0.25, -0.2) is 0 Å². The molecule has 1 saturated heterocycles. The second-order valence-corrected chi connectivity index (χ2v) is 6.08. The van der Waals surface area contributed by atoms with Crippen LogP contribution in [0.2, 0.25) is 0 Å². The van der Waals surface area contributed by atoms with Crippen molar-refractivity contribution in [2.45, 2.75) is 18.6 Å². The monoisotopic (exact) mass is 358 g/mol. The Bertz CT molecular complexity index is 540. The number of aliphatic hydroxyl groups excluding tert-OH is 1. The molecule has 8 heteroatoms. The summed E-state index contributed by atoms with van der Waals surface area (Å²) >= 11 is 3.24. The molecule has 0 bridgehead atoms. The van der Waals surface area contributed by atoms with E-state index in [-0.39, 0.29) is 17.8 Å². The first kappa shape index (κ1) is 16.0. The molecule has 1 aromatic carbocycles. The number of nitrogens with one attached hydrogen (secondary N) is 2. The van der Waals surface area contributed by atoms with Gasteiger partial charge in [0.2, 0.25) is 0 Å². The minimum absolute atomic E-state index is 0.0245. The average molecular weight is 359 g/mol. The van der Waals surface area contributed by atoms with E-state index in [0.717, 1.165) is 12.1 Å². The minimum atomic E-state index is -0.416. The standard InChI is InChI=1S/C13H19BrN4O3/c1-15-12-4-8(3-11(14)13(12)18(20)21)16-6-9-5-10(19)7-17(9)2/h3-4,9-10,15-16,19H,5-7H2,1-2H3. The molecule has 7 nitrogen and oxygen atoms in total. The summed E-state index contributed by atoms with van der Waals surface area (Å²) in [5.41, 5.74) is 1.28. The van der Waals surface area contributed by atoms with E-state index < -0.39 is 4.92 Å². The number of hydrogen-bond donors (Lipinski definition) is 3. The number of benzene rings is 1. The molecule has 1 aromatic rings. The smallest absolute Gasteiger partial charge is 0.306 e. The zero-order valence-electron chi connectivity index (χ0n) is 12.0. The molecular weight excluding hydrogens is 340 g/mol. The average Bonchev–Trinajstić information content (AvgIpc) is 2.73. The maximum absolute atomic E-state index is 11.0. The second kappa shape index (κ2) is 6.59. The summed E-state index contributed by atoms with van der Waals surface area (Å²) in [7, 11) is 3.63. The predicted molar refractivity (Wildman–Crippen MR) is 85.9 cm³/mol. The molecule has 0 saturated carbocycles. The number of rotatable bonds is 5. The lowest BCUT2D eigenvalue weighted by atomic mass is 10.2. The van der Waals surface area contributed by atoms with E-state index >= 15 is 0 Å². The van der Waals surface area contributed by atoms with Crippen molar-refractivity contribution in [3.8, 4) is 0 Å². The highest BCUT2D eigenvalue weighted by Crippen LogP contribution is 2.36. The Labute approximate surface area is 131 Å². The van der Waals surface area contributed by atoms with Crippen LogP contribution in [0.5, 0.6) is 0 Å². The Morgan fingerprint density at radius 1 is 1.57 bits per heavy atom. The normalized spacial score (nSPS) is 22.3. The minimum Gasteiger partial charge on any atom is -0.392 e. The van der Waals surface area contributed by atoms with Crippen molar-refractivity contribution in [1.29, 1.82) is 0 Å². The van der Waals surface area contributed by atoms with Crippen LogP contribution in [0.25, 0.3) is 0 Å². The lowest BCUT2D eigenvalue weighted by Gasteiger charge is -2.20. The summed E-state index contributed by atoms with van der Waals surface area (Å²) in [5.74, 6) is 0. The van der Waals surface area contributed by atoms with E-state index in [2.05, 4.69) is 31.5 Å². The molecular formula is C13H19BrN4O3. The van der Waals surface area contributed by atoms with Crippen LogP contribution < -0.4 is 10.6 Å². The predicted octanol–water partition coefficient (Wildman–Crippen LogP) is 1.88. The highest BCUT2D eigenvalue weighted by atomic mass is 79.9. The van der Waals surface area contributed by atoms with Gasteiger partial charge in [0.05, 0.1) is 15.5 Å². The molecule has 2 rings (SSSR count). The molecule has 0 amide bonds. The number of likely N-dealkylation sites (tertiary alicyclic amines) is 1. The molecule has 2 unspecified atom stereocenters. The van der Waals surface area contributed by atoms with E-state index in [4.69, 9.17) is 0 Å². The first-order chi connectivity index (χ1) is 9.92. The van der Waals surface area contributed by atoms with Crippen molar-refractivity contribution >= 4 is 33.0 Å². The Morgan fingerprint density at radius 2 is 2.29 bits per heavy atom. The molecule has 0 aliphatic carbocycles. The van der Waals surface area contributed by atoms with Gasteiger partial charge < -0.3 is 15.7 Å². The highest BCUT2D eigenvalue weighted by molar-refractivity contribution is 9.10. The molecule has 1 heterocycles. The Balaban J connectivity index is 2.11. The van der Waals surface area contributed by atoms with Gasteiger partial charge in [-0.2, -0.15) is 0 Å². The third kappa shape index (κ3) is 3.63. The number of aliphatic hydroxyl groups is 1. The highest BCUT2D eigenvalue weighted by Gasteiger charge is 2.27. The molecule has 3 N–H and O–H groups in total. The quantitative estimate of drug-likeness (QED) is 0.549. The van der Waals surface area contributed by atoms with Gasteiger partial charge in [-0.1, -0.05) is 0 Å². The van der Waals surface area contributed by atoms with Crippen LogP contribution in [0.3, 0.4) is 0 Å². The van der Waals surface area contributed by atoms with Crippen LogP contribution in [0.4, 0.5) is 17.1 Å². The second-order valence-electron chi connectivity index (χ2n) is 5.23. The van der Waals surface area contributed by atoms with Gasteiger partial charge in [0.1, 0.15) is 5.69 Å². The number of likely N-dealkylation sites (N-methyl/N-ethyl adjacent to an activating group) is 1. The van der Waals surface area contributed by atoms with Crippen molar-refractivity contribution < 1.29 is 10.0 Å². The van der Waals surface area contributed by atoms with E-state index in [1.807, 2.05) is 7.05 Å². The van der Waals surface area contributed by atoms with Crippen LogP contribution >= 0.6 is 15.9 Å². The van der Waals surface area contributed by atoms with Gasteiger partial charge in [0.25, 0.3) is 0 Å². The molecule has 2 atom stereocenters. The van der Waals surface area contributed by atoms with Gasteiger partial charge in [0.15, 0.2) is 0 Å². The topological polar surface area (TPSA) is 90.7 Å². The van der Waals surface area contributed by atoms with Crippen molar-refractivity contribution in [2.75, 3.05) is 37.8 Å². The van der Waals surface area contributed by atoms with Crippen molar-refractivity contribution in [3.63, 3.8) is 0 Å². The van der Waals surface area contributed by atoms with Crippen LogP contribution in [0.15, 0.2) is 16.6 Å². The first-order valence-electron chi connectivity index (χ1n) is 6.70. The summed E-state index contributed by atoms with van der Waals surface area (Å²) in [6, 6.07) is 3.67. The number of nitrogens with zero attached hydrogens (tertiary/aromatic N) is 2. The summed E-state index contributed by atoms with van der Waals surface area (Å²) in [5, 5.41) is 26.8. The molecule has 21 heavy (non-hydrogen) atoms. The van der Waals surface area contributed by atoms with Crippen LogP contribution in [-0.2, 0) is 0 Å². The van der Waals surface area contributed by atoms with Crippen LogP contribution in [0.1, 0.15) is 6.42 Å². The molecule has 1 aliphatic heterocycles. The summed E-state index contributed by atoms with van der Waals surface area (Å²) < 4.78 is 0.432. The fourth-order valence-electron chi connectivity index (χ4n) is 2.60. The zero-order valence-corrected chi connectivity index (χ0v) is 13.6. The zero-order chi connectivity index (χ0) is 15.6. The largest absolute Gasteiger partial charge is 0.392 e. The Morgan fingerprint density at radius 3 is 2.81 bits per heavy atom. The van der Waals surface area contributed by atoms with Crippen LogP contribution in [0, 0.1) is 10.1 Å². The van der Waals surface area contributed by atoms with Gasteiger partial charge in [-0.3, -0.25) is 15.0 Å². The Kier molecular flexibility index (Phi) is 5.02. The van der Waals surface area contributed by atoms with Gasteiger partial charge >= 0.3 is 5.69 Å². The van der Waals surface area contributed by atoms with Crippen molar-refractivity contribution in [2.24, 2.45) is 0 Å². The summed E-state index contributed by atoms with van der Waals surface area (Å²) in [4.78, 5) is 12.7. The van der Waals surface area contributed by atoms with Crippen molar-refractivity contribution in [3.05, 3.63) is 26.7 Å². The lowest BCUT2D eigenvalue weighted by molar-refractivity contribution is -0.384. The van der Waals surface area contributed by atoms with E-state index in [1.54, 1.807) is 19.2 Å². The number of anilines is 2. The molecule has 0 spiro atoms. The maximum Gasteiger partial charge on any atom is 0.306 e.